The van der Waals surface area contributed by atoms with Gasteiger partial charge in [-0.1, -0.05) is 24.6 Å². The lowest BCUT2D eigenvalue weighted by Gasteiger charge is -2.11. The number of aromatic nitrogens is 2. The number of nitrogens with zero attached hydrogens (tertiary/aromatic N) is 4. The number of hydrogen-bond acceptors (Lipinski definition) is 6. The third-order valence-electron chi connectivity index (χ3n) is 2.81. The summed E-state index contributed by atoms with van der Waals surface area (Å²) in [5.74, 6) is 0.515. The van der Waals surface area contributed by atoms with Crippen molar-refractivity contribution < 1.29 is 0 Å². The molecule has 7 heteroatoms. The maximum atomic E-state index is 6.06. The van der Waals surface area contributed by atoms with Crippen molar-refractivity contribution >= 4 is 29.1 Å². The van der Waals surface area contributed by atoms with Crippen molar-refractivity contribution in [3.8, 4) is 11.1 Å². The maximum Gasteiger partial charge on any atom is 0.222 e. The molecular formula is C13H15ClN6. The lowest BCUT2D eigenvalue weighted by molar-refractivity contribution is 1.02. The van der Waals surface area contributed by atoms with E-state index in [2.05, 4.69) is 20.2 Å². The van der Waals surface area contributed by atoms with Gasteiger partial charge >= 0.3 is 0 Å². The van der Waals surface area contributed by atoms with Crippen LogP contribution in [0.4, 0.5) is 17.5 Å². The van der Waals surface area contributed by atoms with Gasteiger partial charge in [0.15, 0.2) is 0 Å². The smallest absolute Gasteiger partial charge is 0.222 e. The van der Waals surface area contributed by atoms with Crippen LogP contribution < -0.4 is 11.5 Å². The summed E-state index contributed by atoms with van der Waals surface area (Å²) in [5.41, 5.74) is 14.6. The first-order valence-corrected chi connectivity index (χ1v) is 6.46. The highest BCUT2D eigenvalue weighted by Crippen LogP contribution is 2.34. The quantitative estimate of drug-likeness (QED) is 0.847. The summed E-state index contributed by atoms with van der Waals surface area (Å²) in [6.07, 6.45) is 0.694. The van der Waals surface area contributed by atoms with Crippen molar-refractivity contribution in [2.75, 3.05) is 18.5 Å². The van der Waals surface area contributed by atoms with Crippen LogP contribution in [-0.4, -0.2) is 17.0 Å². The van der Waals surface area contributed by atoms with Crippen LogP contribution in [0.2, 0.25) is 5.02 Å². The van der Waals surface area contributed by atoms with Gasteiger partial charge in [0.1, 0.15) is 11.5 Å². The topological polar surface area (TPSA) is 103 Å². The average molecular weight is 291 g/mol. The van der Waals surface area contributed by atoms with E-state index in [4.69, 9.17) is 23.1 Å². The number of nitrogen functional groups attached to an aromatic ring is 2. The molecule has 0 fully saturated rings. The molecule has 0 aliphatic heterocycles. The highest BCUT2D eigenvalue weighted by Gasteiger charge is 2.13. The first kappa shape index (κ1) is 14.2. The third-order valence-corrected chi connectivity index (χ3v) is 3.13. The first-order chi connectivity index (χ1) is 9.56. The molecule has 0 saturated heterocycles. The standard InChI is InChI=1S/C13H15ClN6/c1-3-9-11(12(15)19-13(16)18-9)7-4-5-8(14)10(6-7)20-17-2/h4-6H,3H2,1-2H3,(H4,15,16,18,19). The van der Waals surface area contributed by atoms with E-state index in [1.54, 1.807) is 19.2 Å². The Bertz CT molecular complexity index is 668. The van der Waals surface area contributed by atoms with Gasteiger partial charge in [0, 0.05) is 12.6 Å². The number of nitrogens with two attached hydrogens (primary N) is 2. The van der Waals surface area contributed by atoms with E-state index in [1.807, 2.05) is 13.0 Å². The van der Waals surface area contributed by atoms with E-state index >= 15 is 0 Å². The highest BCUT2D eigenvalue weighted by atomic mass is 35.5. The molecule has 1 aromatic heterocycles. The van der Waals surface area contributed by atoms with Crippen LogP contribution in [0.15, 0.2) is 28.4 Å². The Kier molecular flexibility index (Phi) is 4.14. The van der Waals surface area contributed by atoms with E-state index < -0.39 is 0 Å². The number of rotatable bonds is 3. The number of benzene rings is 1. The second kappa shape index (κ2) is 5.83. The minimum atomic E-state index is 0.172. The fourth-order valence-corrected chi connectivity index (χ4v) is 2.12. The summed E-state index contributed by atoms with van der Waals surface area (Å²) < 4.78 is 0. The zero-order chi connectivity index (χ0) is 14.7. The Labute approximate surface area is 121 Å². The molecule has 0 aliphatic rings. The largest absolute Gasteiger partial charge is 0.383 e. The normalized spacial score (nSPS) is 11.2. The predicted octanol–water partition coefficient (Wildman–Crippen LogP) is 3.24. The second-order valence-electron chi connectivity index (χ2n) is 4.11. The van der Waals surface area contributed by atoms with Crippen molar-refractivity contribution in [1.29, 1.82) is 0 Å². The van der Waals surface area contributed by atoms with Gasteiger partial charge in [-0.3, -0.25) is 0 Å². The van der Waals surface area contributed by atoms with Gasteiger partial charge in [-0.25, -0.2) is 4.98 Å². The van der Waals surface area contributed by atoms with Crippen LogP contribution in [0.3, 0.4) is 0 Å². The van der Waals surface area contributed by atoms with E-state index in [1.165, 1.54) is 0 Å². The third kappa shape index (κ3) is 2.70. The molecule has 0 unspecified atom stereocenters. The van der Waals surface area contributed by atoms with Crippen LogP contribution >= 0.6 is 11.6 Å². The second-order valence-corrected chi connectivity index (χ2v) is 4.52. The Morgan fingerprint density at radius 1 is 1.25 bits per heavy atom. The summed E-state index contributed by atoms with van der Waals surface area (Å²) in [5, 5.41) is 8.24. The lowest BCUT2D eigenvalue weighted by atomic mass is 10.0. The van der Waals surface area contributed by atoms with E-state index in [-0.39, 0.29) is 5.95 Å². The molecule has 6 nitrogen and oxygen atoms in total. The molecule has 2 rings (SSSR count). The molecule has 0 atom stereocenters. The zero-order valence-corrected chi connectivity index (χ0v) is 12.0. The molecule has 4 N–H and O–H groups in total. The highest BCUT2D eigenvalue weighted by molar-refractivity contribution is 6.33. The molecule has 0 saturated carbocycles. The fourth-order valence-electron chi connectivity index (χ4n) is 1.97. The van der Waals surface area contributed by atoms with E-state index in [0.29, 0.717) is 22.9 Å². The van der Waals surface area contributed by atoms with Crippen molar-refractivity contribution in [3.63, 3.8) is 0 Å². The van der Waals surface area contributed by atoms with Gasteiger partial charge in [0.2, 0.25) is 5.95 Å². The molecule has 20 heavy (non-hydrogen) atoms. The van der Waals surface area contributed by atoms with E-state index in [9.17, 15) is 0 Å². The van der Waals surface area contributed by atoms with Gasteiger partial charge in [0.25, 0.3) is 0 Å². The summed E-state index contributed by atoms with van der Waals surface area (Å²) in [7, 11) is 1.58. The van der Waals surface area contributed by atoms with Crippen LogP contribution in [0.5, 0.6) is 0 Å². The molecule has 0 spiro atoms. The van der Waals surface area contributed by atoms with Crippen LogP contribution in [0.1, 0.15) is 12.6 Å². The molecule has 1 heterocycles. The molecule has 0 aliphatic carbocycles. The fraction of sp³-hybridized carbons (Fsp3) is 0.231. The van der Waals surface area contributed by atoms with Gasteiger partial charge in [-0.05, 0) is 24.1 Å². The Hall–Kier alpha value is -2.21. The molecule has 2 aromatic rings. The Balaban J connectivity index is 2.65. The van der Waals surface area contributed by atoms with Crippen LogP contribution in [-0.2, 0) is 6.42 Å². The van der Waals surface area contributed by atoms with Crippen LogP contribution in [0.25, 0.3) is 11.1 Å². The predicted molar refractivity (Wildman–Crippen MR) is 81.1 cm³/mol. The zero-order valence-electron chi connectivity index (χ0n) is 11.3. The van der Waals surface area contributed by atoms with Crippen molar-refractivity contribution in [1.82, 2.24) is 9.97 Å². The number of anilines is 2. The molecular weight excluding hydrogens is 276 g/mol. The lowest BCUT2D eigenvalue weighted by Crippen LogP contribution is -2.06. The molecule has 104 valence electrons. The SMILES string of the molecule is CCc1nc(N)nc(N)c1-c1ccc(Cl)c(N=NC)c1. The van der Waals surface area contributed by atoms with Crippen molar-refractivity contribution in [2.24, 2.45) is 10.2 Å². The summed E-state index contributed by atoms with van der Waals surface area (Å²) in [6.45, 7) is 1.98. The van der Waals surface area contributed by atoms with Gasteiger partial charge < -0.3 is 11.5 Å². The Morgan fingerprint density at radius 2 is 2.00 bits per heavy atom. The van der Waals surface area contributed by atoms with Crippen molar-refractivity contribution in [2.45, 2.75) is 13.3 Å². The van der Waals surface area contributed by atoms with Gasteiger partial charge in [-0.2, -0.15) is 15.2 Å². The van der Waals surface area contributed by atoms with Crippen molar-refractivity contribution in [3.05, 3.63) is 28.9 Å². The van der Waals surface area contributed by atoms with Crippen LogP contribution in [0, 0.1) is 0 Å². The number of halogens is 1. The Morgan fingerprint density at radius 3 is 2.65 bits per heavy atom. The molecule has 0 radical (unpaired) electrons. The molecule has 0 bridgehead atoms. The molecule has 1 aromatic carbocycles. The number of hydrogen-bond donors (Lipinski definition) is 2. The number of azo groups is 1. The average Bonchev–Trinajstić information content (AvgIpc) is 2.41. The van der Waals surface area contributed by atoms with Gasteiger partial charge in [-0.15, -0.1) is 0 Å². The van der Waals surface area contributed by atoms with Gasteiger partial charge in [0.05, 0.1) is 10.7 Å². The maximum absolute atomic E-state index is 6.06. The minimum Gasteiger partial charge on any atom is -0.383 e. The monoisotopic (exact) mass is 290 g/mol. The minimum absolute atomic E-state index is 0.172. The number of aryl methyl sites for hydroxylation is 1. The first-order valence-electron chi connectivity index (χ1n) is 6.08. The summed E-state index contributed by atoms with van der Waals surface area (Å²) in [4.78, 5) is 8.24. The summed E-state index contributed by atoms with van der Waals surface area (Å²) >= 11 is 6.06. The summed E-state index contributed by atoms with van der Waals surface area (Å²) in [6, 6.07) is 5.40. The molecule has 0 amide bonds. The van der Waals surface area contributed by atoms with E-state index in [0.717, 1.165) is 16.8 Å².